The predicted octanol–water partition coefficient (Wildman–Crippen LogP) is 0.963. The van der Waals surface area contributed by atoms with Gasteiger partial charge in [0, 0.05) is 0 Å². The number of esters is 1. The monoisotopic (exact) mass is 294 g/mol. The first-order valence-electron chi connectivity index (χ1n) is 6.35. The summed E-state index contributed by atoms with van der Waals surface area (Å²) in [6.07, 6.45) is 0.124. The zero-order valence-corrected chi connectivity index (χ0v) is 11.9. The predicted molar refractivity (Wildman–Crippen MR) is 74.4 cm³/mol. The van der Waals surface area contributed by atoms with Gasteiger partial charge in [-0.3, -0.25) is 10.1 Å². The number of benzene rings is 1. The largest absolute Gasteiger partial charge is 0.452 e. The molecule has 7 nitrogen and oxygen atoms in total. The fraction of sp³-hybridized carbons (Fsp3) is 0.357. The van der Waals surface area contributed by atoms with Gasteiger partial charge in [0.15, 0.2) is 6.61 Å². The van der Waals surface area contributed by atoms with E-state index in [4.69, 9.17) is 15.2 Å². The molecule has 3 amide bonds. The average Bonchev–Trinajstić information content (AvgIpc) is 2.42. The van der Waals surface area contributed by atoms with E-state index in [0.717, 1.165) is 5.56 Å². The molecule has 0 unspecified atom stereocenters. The van der Waals surface area contributed by atoms with Crippen molar-refractivity contribution in [3.05, 3.63) is 35.4 Å². The number of rotatable bonds is 6. The normalized spacial score (nSPS) is 10.2. The summed E-state index contributed by atoms with van der Waals surface area (Å²) >= 11 is 0. The summed E-state index contributed by atoms with van der Waals surface area (Å²) in [7, 11) is 0. The van der Waals surface area contributed by atoms with Gasteiger partial charge in [-0.25, -0.2) is 9.59 Å². The third-order valence-corrected chi connectivity index (χ3v) is 2.37. The fourth-order valence-electron chi connectivity index (χ4n) is 1.39. The minimum absolute atomic E-state index is 0.124. The van der Waals surface area contributed by atoms with E-state index in [9.17, 15) is 14.4 Å². The van der Waals surface area contributed by atoms with Crippen molar-refractivity contribution in [2.75, 3.05) is 6.61 Å². The zero-order chi connectivity index (χ0) is 15.8. The summed E-state index contributed by atoms with van der Waals surface area (Å²) in [5.41, 5.74) is 5.98. The molecule has 21 heavy (non-hydrogen) atoms. The lowest BCUT2D eigenvalue weighted by Crippen LogP contribution is -2.37. The van der Waals surface area contributed by atoms with Gasteiger partial charge in [0.1, 0.15) is 0 Å². The second-order valence-electron chi connectivity index (χ2n) is 4.55. The highest BCUT2D eigenvalue weighted by Crippen LogP contribution is 2.08. The van der Waals surface area contributed by atoms with Crippen molar-refractivity contribution in [2.45, 2.75) is 26.6 Å². The Kier molecular flexibility index (Phi) is 6.35. The number of amides is 3. The number of ether oxygens (including phenoxy) is 2. The second-order valence-corrected chi connectivity index (χ2v) is 4.55. The van der Waals surface area contributed by atoms with Crippen LogP contribution in [-0.4, -0.2) is 30.6 Å². The number of urea groups is 1. The van der Waals surface area contributed by atoms with Crippen molar-refractivity contribution in [2.24, 2.45) is 5.73 Å². The molecule has 0 heterocycles. The Morgan fingerprint density at radius 2 is 1.81 bits per heavy atom. The van der Waals surface area contributed by atoms with Crippen molar-refractivity contribution in [3.8, 4) is 0 Å². The second kappa shape index (κ2) is 8.01. The fourth-order valence-corrected chi connectivity index (χ4v) is 1.39. The molecule has 0 bridgehead atoms. The number of imide groups is 1. The number of nitrogens with two attached hydrogens (primary N) is 1. The van der Waals surface area contributed by atoms with Gasteiger partial charge in [-0.05, 0) is 31.5 Å². The molecule has 0 spiro atoms. The summed E-state index contributed by atoms with van der Waals surface area (Å²) in [6.45, 7) is 3.75. The molecule has 0 saturated heterocycles. The van der Waals surface area contributed by atoms with Crippen LogP contribution in [0.4, 0.5) is 4.79 Å². The Balaban J connectivity index is 2.47. The lowest BCUT2D eigenvalue weighted by Gasteiger charge is -2.08. The molecule has 0 aliphatic heterocycles. The summed E-state index contributed by atoms with van der Waals surface area (Å²) < 4.78 is 10.2. The van der Waals surface area contributed by atoms with E-state index in [1.807, 2.05) is 13.8 Å². The van der Waals surface area contributed by atoms with Crippen molar-refractivity contribution in [1.82, 2.24) is 5.32 Å². The molecule has 0 saturated carbocycles. The standard InChI is InChI=1S/C14H18N2O5/c1-9(2)20-7-10-3-5-11(6-4-10)13(18)21-8-12(17)16-14(15)19/h3-6,9H,7-8H2,1-2H3,(H3,15,16,17,19). The SMILES string of the molecule is CC(C)OCc1ccc(C(=O)OCC(=O)NC(N)=O)cc1. The first-order valence-corrected chi connectivity index (χ1v) is 6.35. The van der Waals surface area contributed by atoms with Crippen molar-refractivity contribution in [1.29, 1.82) is 0 Å². The summed E-state index contributed by atoms with van der Waals surface area (Å²) in [5.74, 6) is -1.44. The molecule has 1 aromatic rings. The van der Waals surface area contributed by atoms with Gasteiger partial charge in [0.05, 0.1) is 18.3 Å². The molecule has 3 N–H and O–H groups in total. The van der Waals surface area contributed by atoms with Gasteiger partial charge in [-0.2, -0.15) is 0 Å². The van der Waals surface area contributed by atoms with E-state index in [1.54, 1.807) is 29.6 Å². The topological polar surface area (TPSA) is 108 Å². The van der Waals surface area contributed by atoms with Crippen molar-refractivity contribution < 1.29 is 23.9 Å². The zero-order valence-electron chi connectivity index (χ0n) is 11.9. The van der Waals surface area contributed by atoms with E-state index in [0.29, 0.717) is 12.2 Å². The highest BCUT2D eigenvalue weighted by atomic mass is 16.5. The smallest absolute Gasteiger partial charge is 0.338 e. The van der Waals surface area contributed by atoms with Gasteiger partial charge in [-0.1, -0.05) is 12.1 Å². The van der Waals surface area contributed by atoms with Crippen LogP contribution < -0.4 is 11.1 Å². The minimum atomic E-state index is -0.995. The average molecular weight is 294 g/mol. The lowest BCUT2D eigenvalue weighted by atomic mass is 10.1. The van der Waals surface area contributed by atoms with Crippen LogP contribution >= 0.6 is 0 Å². The number of nitrogens with one attached hydrogen (secondary N) is 1. The quantitative estimate of drug-likeness (QED) is 0.760. The van der Waals surface area contributed by atoms with Crippen LogP contribution in [0.1, 0.15) is 29.8 Å². The molecule has 0 aliphatic carbocycles. The number of carbonyl (C=O) groups excluding carboxylic acids is 3. The third-order valence-electron chi connectivity index (χ3n) is 2.37. The van der Waals surface area contributed by atoms with E-state index in [2.05, 4.69) is 0 Å². The maximum Gasteiger partial charge on any atom is 0.338 e. The van der Waals surface area contributed by atoms with Gasteiger partial charge in [-0.15, -0.1) is 0 Å². The number of primary amides is 1. The molecule has 1 rings (SSSR count). The van der Waals surface area contributed by atoms with E-state index >= 15 is 0 Å². The van der Waals surface area contributed by atoms with Crippen LogP contribution in [0.2, 0.25) is 0 Å². The molecular formula is C14H18N2O5. The highest BCUT2D eigenvalue weighted by Gasteiger charge is 2.11. The number of hydrogen-bond acceptors (Lipinski definition) is 5. The Morgan fingerprint density at radius 3 is 2.33 bits per heavy atom. The molecule has 1 aromatic carbocycles. The van der Waals surface area contributed by atoms with Crippen LogP contribution in [0, 0.1) is 0 Å². The Hall–Kier alpha value is -2.41. The maximum atomic E-state index is 11.7. The van der Waals surface area contributed by atoms with Crippen molar-refractivity contribution in [3.63, 3.8) is 0 Å². The van der Waals surface area contributed by atoms with E-state index in [1.165, 1.54) is 0 Å². The Labute approximate surface area is 122 Å². The number of hydrogen-bond donors (Lipinski definition) is 2. The Bertz CT molecular complexity index is 511. The first kappa shape index (κ1) is 16.6. The summed E-state index contributed by atoms with van der Waals surface area (Å²) in [5, 5.41) is 1.79. The molecular weight excluding hydrogens is 276 g/mol. The van der Waals surface area contributed by atoms with Gasteiger partial charge in [0.25, 0.3) is 5.91 Å². The molecule has 7 heteroatoms. The van der Waals surface area contributed by atoms with Crippen LogP contribution in [0.15, 0.2) is 24.3 Å². The lowest BCUT2D eigenvalue weighted by molar-refractivity contribution is -0.123. The molecule has 114 valence electrons. The Morgan fingerprint density at radius 1 is 1.19 bits per heavy atom. The van der Waals surface area contributed by atoms with Gasteiger partial charge < -0.3 is 15.2 Å². The molecule has 0 aromatic heterocycles. The first-order chi connectivity index (χ1) is 9.88. The molecule has 0 radical (unpaired) electrons. The molecule has 0 atom stereocenters. The highest BCUT2D eigenvalue weighted by molar-refractivity contribution is 5.96. The van der Waals surface area contributed by atoms with Gasteiger partial charge in [0.2, 0.25) is 0 Å². The third kappa shape index (κ3) is 6.53. The maximum absolute atomic E-state index is 11.7. The van der Waals surface area contributed by atoms with E-state index < -0.39 is 24.5 Å². The van der Waals surface area contributed by atoms with Crippen molar-refractivity contribution >= 4 is 17.9 Å². The van der Waals surface area contributed by atoms with Crippen LogP contribution in [-0.2, 0) is 20.9 Å². The van der Waals surface area contributed by atoms with Crippen LogP contribution in [0.25, 0.3) is 0 Å². The van der Waals surface area contributed by atoms with E-state index in [-0.39, 0.29) is 6.10 Å². The minimum Gasteiger partial charge on any atom is -0.452 e. The van der Waals surface area contributed by atoms with Crippen LogP contribution in [0.3, 0.4) is 0 Å². The molecule has 0 aliphatic rings. The summed E-state index contributed by atoms with van der Waals surface area (Å²) in [6, 6.07) is 5.64. The number of carbonyl (C=O) groups is 3. The summed E-state index contributed by atoms with van der Waals surface area (Å²) in [4.78, 5) is 33.2. The van der Waals surface area contributed by atoms with Gasteiger partial charge >= 0.3 is 12.0 Å². The van der Waals surface area contributed by atoms with Crippen LogP contribution in [0.5, 0.6) is 0 Å². The molecule has 0 fully saturated rings.